The molecule has 0 saturated carbocycles. The summed E-state index contributed by atoms with van der Waals surface area (Å²) in [6.07, 6.45) is 1.70. The zero-order valence-electron chi connectivity index (χ0n) is 18.3. The van der Waals surface area contributed by atoms with Crippen LogP contribution in [0.4, 0.5) is 4.79 Å². The lowest BCUT2D eigenvalue weighted by atomic mass is 9.91. The lowest BCUT2D eigenvalue weighted by molar-refractivity contribution is -0.147. The van der Waals surface area contributed by atoms with Crippen LogP contribution in [0.2, 0.25) is 0 Å². The second-order valence-electron chi connectivity index (χ2n) is 8.27. The average molecular weight is 437 g/mol. The Morgan fingerprint density at radius 1 is 1.25 bits per heavy atom. The van der Waals surface area contributed by atoms with Gasteiger partial charge < -0.3 is 24.2 Å². The Labute approximate surface area is 187 Å². The minimum absolute atomic E-state index is 0.0453. The lowest BCUT2D eigenvalue weighted by Gasteiger charge is -2.50. The largest absolute Gasteiger partial charge is 0.504 e. The number of hydrogen-bond donors (Lipinski definition) is 1. The van der Waals surface area contributed by atoms with Crippen molar-refractivity contribution in [3.8, 4) is 17.2 Å². The van der Waals surface area contributed by atoms with Crippen LogP contribution in [0.3, 0.4) is 0 Å². The van der Waals surface area contributed by atoms with Crippen molar-refractivity contribution in [1.82, 2.24) is 9.91 Å². The summed E-state index contributed by atoms with van der Waals surface area (Å²) in [5.74, 6) is 1.39. The van der Waals surface area contributed by atoms with E-state index in [1.807, 2.05) is 37.3 Å². The molecule has 3 heterocycles. The Morgan fingerprint density at radius 3 is 2.78 bits per heavy atom. The lowest BCUT2D eigenvalue weighted by Crippen LogP contribution is -2.59. The molecule has 0 radical (unpaired) electrons. The van der Waals surface area contributed by atoms with E-state index in [9.17, 15) is 9.90 Å². The van der Waals surface area contributed by atoms with E-state index in [1.54, 1.807) is 11.0 Å². The second-order valence-corrected chi connectivity index (χ2v) is 8.27. The Hall–Kier alpha value is -3.42. The van der Waals surface area contributed by atoms with Gasteiger partial charge in [-0.15, -0.1) is 0 Å². The van der Waals surface area contributed by atoms with Crippen molar-refractivity contribution in [2.24, 2.45) is 5.10 Å². The number of nitrogens with zero attached hydrogens (tertiary/aromatic N) is 3. The van der Waals surface area contributed by atoms with Gasteiger partial charge in [0.1, 0.15) is 5.75 Å². The van der Waals surface area contributed by atoms with Gasteiger partial charge in [-0.3, -0.25) is 0 Å². The van der Waals surface area contributed by atoms with E-state index in [0.29, 0.717) is 38.3 Å². The molecule has 8 heteroatoms. The molecule has 1 fully saturated rings. The molecule has 0 bridgehead atoms. The molecule has 1 spiro atoms. The third-order valence-electron chi connectivity index (χ3n) is 6.49. The predicted octanol–water partition coefficient (Wildman–Crippen LogP) is 3.89. The van der Waals surface area contributed by atoms with Gasteiger partial charge in [-0.1, -0.05) is 18.2 Å². The number of phenolic OH excluding ortho intramolecular Hbond substituents is 1. The average Bonchev–Trinajstić information content (AvgIpc) is 3.27. The van der Waals surface area contributed by atoms with Crippen LogP contribution < -0.4 is 9.47 Å². The van der Waals surface area contributed by atoms with Crippen molar-refractivity contribution in [3.63, 3.8) is 0 Å². The van der Waals surface area contributed by atoms with Gasteiger partial charge in [0.25, 0.3) is 0 Å². The summed E-state index contributed by atoms with van der Waals surface area (Å²) in [5.41, 5.74) is 2.31. The maximum absolute atomic E-state index is 12.2. The molecule has 2 aromatic rings. The number of carbonyl (C=O) groups excluding carboxylic acids is 1. The van der Waals surface area contributed by atoms with Crippen molar-refractivity contribution in [2.75, 3.05) is 26.8 Å². The number of hydrazone groups is 1. The summed E-state index contributed by atoms with van der Waals surface area (Å²) in [6, 6.07) is 13.4. The Kier molecular flexibility index (Phi) is 5.07. The first-order valence-corrected chi connectivity index (χ1v) is 11.0. The highest BCUT2D eigenvalue weighted by Crippen LogP contribution is 2.50. The Morgan fingerprint density at radius 2 is 2.03 bits per heavy atom. The molecular weight excluding hydrogens is 410 g/mol. The van der Waals surface area contributed by atoms with Crippen LogP contribution in [0.25, 0.3) is 0 Å². The fourth-order valence-corrected chi connectivity index (χ4v) is 4.84. The molecule has 0 aromatic heterocycles. The number of rotatable bonds is 3. The molecule has 32 heavy (non-hydrogen) atoms. The topological polar surface area (TPSA) is 83.8 Å². The van der Waals surface area contributed by atoms with Crippen LogP contribution in [0.15, 0.2) is 47.6 Å². The number of hydrogen-bond acceptors (Lipinski definition) is 7. The van der Waals surface area contributed by atoms with E-state index in [1.165, 1.54) is 7.11 Å². The number of likely N-dealkylation sites (tertiary alicyclic amines) is 1. The molecule has 5 rings (SSSR count). The molecule has 0 aliphatic carbocycles. The van der Waals surface area contributed by atoms with Gasteiger partial charge in [-0.2, -0.15) is 5.10 Å². The molecule has 1 amide bonds. The number of para-hydroxylation sites is 1. The summed E-state index contributed by atoms with van der Waals surface area (Å²) in [5, 5.41) is 17.1. The highest BCUT2D eigenvalue weighted by atomic mass is 16.6. The normalized spacial score (nSPS) is 20.8. The zero-order valence-corrected chi connectivity index (χ0v) is 18.3. The van der Waals surface area contributed by atoms with E-state index >= 15 is 0 Å². The van der Waals surface area contributed by atoms with E-state index in [0.717, 1.165) is 29.0 Å². The van der Waals surface area contributed by atoms with Crippen LogP contribution in [-0.4, -0.2) is 59.4 Å². The maximum Gasteiger partial charge on any atom is 0.409 e. The van der Waals surface area contributed by atoms with Crippen LogP contribution in [0.5, 0.6) is 17.2 Å². The third kappa shape index (κ3) is 3.30. The van der Waals surface area contributed by atoms with E-state index in [4.69, 9.17) is 19.3 Å². The van der Waals surface area contributed by atoms with Crippen LogP contribution in [0.1, 0.15) is 43.4 Å². The molecule has 1 saturated heterocycles. The molecule has 168 valence electrons. The van der Waals surface area contributed by atoms with Crippen LogP contribution in [-0.2, 0) is 4.74 Å². The minimum atomic E-state index is -0.620. The molecule has 2 aromatic carbocycles. The van der Waals surface area contributed by atoms with Gasteiger partial charge in [0.05, 0.1) is 25.5 Å². The first kappa shape index (κ1) is 20.5. The van der Waals surface area contributed by atoms with E-state index < -0.39 is 5.72 Å². The summed E-state index contributed by atoms with van der Waals surface area (Å²) < 4.78 is 17.1. The SMILES string of the molecule is CCOC(=O)N1CCC2(CC1)Oc1ccccc1[C@@H]1CC(c3ccc(O)c(OC)c3)=NN12. The number of ether oxygens (including phenoxy) is 3. The number of amides is 1. The summed E-state index contributed by atoms with van der Waals surface area (Å²) >= 11 is 0. The van der Waals surface area contributed by atoms with Gasteiger partial charge in [-0.25, -0.2) is 9.80 Å². The fourth-order valence-electron chi connectivity index (χ4n) is 4.84. The smallest absolute Gasteiger partial charge is 0.409 e. The van der Waals surface area contributed by atoms with Gasteiger partial charge in [0.15, 0.2) is 11.5 Å². The fraction of sp³-hybridized carbons (Fsp3) is 0.417. The number of phenols is 1. The van der Waals surface area contributed by atoms with Gasteiger partial charge >= 0.3 is 6.09 Å². The number of carbonyl (C=O) groups is 1. The molecule has 3 aliphatic heterocycles. The third-order valence-corrected chi connectivity index (χ3v) is 6.49. The summed E-state index contributed by atoms with van der Waals surface area (Å²) in [4.78, 5) is 13.9. The highest BCUT2D eigenvalue weighted by molar-refractivity contribution is 6.02. The molecule has 1 atom stereocenters. The minimum Gasteiger partial charge on any atom is -0.504 e. The zero-order chi connectivity index (χ0) is 22.3. The van der Waals surface area contributed by atoms with Crippen molar-refractivity contribution >= 4 is 11.8 Å². The molecular formula is C24H27N3O5. The second kappa shape index (κ2) is 7.93. The summed E-state index contributed by atoms with van der Waals surface area (Å²) in [6.45, 7) is 3.26. The first-order valence-electron chi connectivity index (χ1n) is 11.0. The van der Waals surface area contributed by atoms with Crippen LogP contribution in [0, 0.1) is 0 Å². The van der Waals surface area contributed by atoms with Crippen molar-refractivity contribution in [1.29, 1.82) is 0 Å². The monoisotopic (exact) mass is 437 g/mol. The van der Waals surface area contributed by atoms with Gasteiger partial charge in [0, 0.05) is 43.5 Å². The van der Waals surface area contributed by atoms with Gasteiger partial charge in [-0.05, 0) is 31.2 Å². The number of benzene rings is 2. The molecule has 3 aliphatic rings. The van der Waals surface area contributed by atoms with Crippen LogP contribution >= 0.6 is 0 Å². The van der Waals surface area contributed by atoms with E-state index in [-0.39, 0.29) is 17.9 Å². The Bertz CT molecular complexity index is 1060. The predicted molar refractivity (Wildman–Crippen MR) is 118 cm³/mol. The highest BCUT2D eigenvalue weighted by Gasteiger charge is 2.52. The molecule has 8 nitrogen and oxygen atoms in total. The Balaban J connectivity index is 1.49. The van der Waals surface area contributed by atoms with Crippen molar-refractivity contribution < 1.29 is 24.1 Å². The van der Waals surface area contributed by atoms with Gasteiger partial charge in [0.2, 0.25) is 5.72 Å². The first-order chi connectivity index (χ1) is 15.5. The number of aromatic hydroxyl groups is 1. The number of piperidine rings is 1. The summed E-state index contributed by atoms with van der Waals surface area (Å²) in [7, 11) is 1.54. The molecule has 0 unspecified atom stereocenters. The maximum atomic E-state index is 12.2. The number of methoxy groups -OCH3 is 1. The van der Waals surface area contributed by atoms with E-state index in [2.05, 4.69) is 11.1 Å². The quantitative estimate of drug-likeness (QED) is 0.784. The standard InChI is InChI=1S/C24H27N3O5/c1-3-31-23(29)26-12-10-24(11-13-26)27-19(17-6-4-5-7-21(17)32-24)15-18(25-27)16-8-9-20(28)22(14-16)30-2/h4-9,14,19,28H,3,10-13,15H2,1-2H3/t19-/m0/s1. The van der Waals surface area contributed by atoms with Crippen molar-refractivity contribution in [2.45, 2.75) is 38.0 Å². The molecule has 1 N–H and O–H groups in total. The number of fused-ring (bicyclic) bond motifs is 4. The van der Waals surface area contributed by atoms with Crippen molar-refractivity contribution in [3.05, 3.63) is 53.6 Å².